The Morgan fingerprint density at radius 1 is 1.28 bits per heavy atom. The predicted molar refractivity (Wildman–Crippen MR) is 99.0 cm³/mol. The third-order valence-corrected chi connectivity index (χ3v) is 3.94. The van der Waals surface area contributed by atoms with Crippen LogP contribution in [0.3, 0.4) is 0 Å². The van der Waals surface area contributed by atoms with E-state index in [-0.39, 0.29) is 11.3 Å². The number of rotatable bonds is 4. The fourth-order valence-electron chi connectivity index (χ4n) is 2.47. The minimum atomic E-state index is -0.224. The molecule has 3 aromatic rings. The molecule has 1 heterocycles. The van der Waals surface area contributed by atoms with Crippen LogP contribution in [0.2, 0.25) is 5.02 Å². The summed E-state index contributed by atoms with van der Waals surface area (Å²) in [4.78, 5) is 12.7. The van der Waals surface area contributed by atoms with Crippen molar-refractivity contribution < 1.29 is 9.84 Å². The zero-order valence-electron chi connectivity index (χ0n) is 13.6. The number of H-pyrrole nitrogens is 1. The van der Waals surface area contributed by atoms with Gasteiger partial charge in [0.1, 0.15) is 0 Å². The summed E-state index contributed by atoms with van der Waals surface area (Å²) in [5.74, 6) is 0.428. The first-order chi connectivity index (χ1) is 12.0. The predicted octanol–water partition coefficient (Wildman–Crippen LogP) is 2.16. The SMILES string of the molecule is C=c1[nH]n(-c2ccc(Cl)cc2)c(=O)c1=Cc1ccc(O)c(OCC)c1. The molecule has 25 heavy (non-hydrogen) atoms. The summed E-state index contributed by atoms with van der Waals surface area (Å²) in [5, 5.41) is 14.3. The van der Waals surface area contributed by atoms with E-state index in [4.69, 9.17) is 16.3 Å². The summed E-state index contributed by atoms with van der Waals surface area (Å²) in [6, 6.07) is 11.8. The summed E-state index contributed by atoms with van der Waals surface area (Å²) >= 11 is 5.89. The van der Waals surface area contributed by atoms with Gasteiger partial charge in [-0.2, -0.15) is 0 Å². The molecule has 128 valence electrons. The topological polar surface area (TPSA) is 67.2 Å². The van der Waals surface area contributed by atoms with Crippen LogP contribution in [0.15, 0.2) is 47.3 Å². The van der Waals surface area contributed by atoms with Crippen LogP contribution >= 0.6 is 11.6 Å². The summed E-state index contributed by atoms with van der Waals surface area (Å²) < 4.78 is 6.78. The van der Waals surface area contributed by atoms with Gasteiger partial charge in [-0.1, -0.05) is 24.2 Å². The number of hydrogen-bond donors (Lipinski definition) is 2. The molecule has 1 aromatic heterocycles. The Balaban J connectivity index is 2.11. The standard InChI is InChI=1S/C19H17ClN2O3/c1-3-25-18-11-13(4-9-17(18)23)10-16-12(2)21-22(19(16)24)15-7-5-14(20)6-8-15/h4-11,21,23H,2-3H2,1H3. The number of nitrogens with one attached hydrogen (secondary N) is 1. The smallest absolute Gasteiger partial charge is 0.279 e. The Labute approximate surface area is 149 Å². The lowest BCUT2D eigenvalue weighted by Gasteiger charge is -2.05. The molecule has 0 spiro atoms. The van der Waals surface area contributed by atoms with Gasteiger partial charge in [-0.05, 0) is 55.0 Å². The molecular formula is C19H17ClN2O3. The fraction of sp³-hybridized carbons (Fsp3) is 0.105. The molecule has 0 bridgehead atoms. The Hall–Kier alpha value is -2.92. The van der Waals surface area contributed by atoms with Crippen molar-refractivity contribution in [3.8, 4) is 17.2 Å². The van der Waals surface area contributed by atoms with Crippen molar-refractivity contribution in [2.45, 2.75) is 6.92 Å². The number of aromatic nitrogens is 2. The Morgan fingerprint density at radius 2 is 2.00 bits per heavy atom. The van der Waals surface area contributed by atoms with Crippen molar-refractivity contribution in [2.75, 3.05) is 6.61 Å². The number of nitrogens with zero attached hydrogens (tertiary/aromatic N) is 1. The number of aromatic hydroxyl groups is 1. The summed E-state index contributed by atoms with van der Waals surface area (Å²) in [5.41, 5.74) is 1.17. The highest BCUT2D eigenvalue weighted by molar-refractivity contribution is 6.30. The molecule has 3 rings (SSSR count). The molecule has 5 nitrogen and oxygen atoms in total. The molecule has 0 unspecified atom stereocenters. The summed E-state index contributed by atoms with van der Waals surface area (Å²) in [6.45, 7) is 6.17. The first-order valence-corrected chi connectivity index (χ1v) is 8.11. The van der Waals surface area contributed by atoms with Crippen LogP contribution in [0.25, 0.3) is 18.3 Å². The highest BCUT2D eigenvalue weighted by Crippen LogP contribution is 2.26. The second-order valence-electron chi connectivity index (χ2n) is 5.43. The second kappa shape index (κ2) is 6.91. The van der Waals surface area contributed by atoms with Gasteiger partial charge in [0.05, 0.1) is 22.9 Å². The third kappa shape index (κ3) is 3.46. The van der Waals surface area contributed by atoms with E-state index in [0.29, 0.717) is 33.6 Å². The van der Waals surface area contributed by atoms with Crippen molar-refractivity contribution in [1.82, 2.24) is 9.78 Å². The third-order valence-electron chi connectivity index (χ3n) is 3.68. The van der Waals surface area contributed by atoms with Gasteiger partial charge >= 0.3 is 0 Å². The van der Waals surface area contributed by atoms with E-state index in [1.54, 1.807) is 42.5 Å². The number of benzene rings is 2. The highest BCUT2D eigenvalue weighted by Gasteiger charge is 2.06. The number of phenols is 1. The van der Waals surface area contributed by atoms with Gasteiger partial charge in [-0.15, -0.1) is 0 Å². The van der Waals surface area contributed by atoms with Gasteiger partial charge < -0.3 is 9.84 Å². The van der Waals surface area contributed by atoms with Crippen LogP contribution in [-0.2, 0) is 0 Å². The van der Waals surface area contributed by atoms with Crippen LogP contribution in [0.5, 0.6) is 11.5 Å². The average molecular weight is 357 g/mol. The van der Waals surface area contributed by atoms with Gasteiger partial charge in [0, 0.05) is 5.02 Å². The number of ether oxygens (including phenoxy) is 1. The number of phenolic OH excluding ortho intramolecular Hbond substituents is 1. The Morgan fingerprint density at radius 3 is 2.68 bits per heavy atom. The first-order valence-electron chi connectivity index (χ1n) is 7.73. The van der Waals surface area contributed by atoms with E-state index in [1.165, 1.54) is 10.7 Å². The van der Waals surface area contributed by atoms with Gasteiger partial charge in [-0.3, -0.25) is 9.89 Å². The second-order valence-corrected chi connectivity index (χ2v) is 5.86. The molecule has 0 aliphatic carbocycles. The molecule has 0 radical (unpaired) electrons. The Kier molecular flexibility index (Phi) is 4.67. The normalized spacial score (nSPS) is 11.7. The quantitative estimate of drug-likeness (QED) is 0.752. The first kappa shape index (κ1) is 16.9. The van der Waals surface area contributed by atoms with Crippen LogP contribution in [-0.4, -0.2) is 21.5 Å². The number of hydrogen-bond acceptors (Lipinski definition) is 3. The van der Waals surface area contributed by atoms with E-state index in [1.807, 2.05) is 6.92 Å². The minimum Gasteiger partial charge on any atom is -0.504 e. The zero-order valence-corrected chi connectivity index (χ0v) is 14.4. The summed E-state index contributed by atoms with van der Waals surface area (Å²) in [6.07, 6.45) is 1.70. The van der Waals surface area contributed by atoms with Crippen LogP contribution in [0.1, 0.15) is 12.5 Å². The molecule has 0 fully saturated rings. The zero-order chi connectivity index (χ0) is 18.0. The van der Waals surface area contributed by atoms with Crippen LogP contribution in [0, 0.1) is 0 Å². The lowest BCUT2D eigenvalue weighted by atomic mass is 10.1. The molecule has 0 atom stereocenters. The molecule has 0 saturated heterocycles. The average Bonchev–Trinajstić information content (AvgIpc) is 2.87. The molecule has 0 saturated carbocycles. The maximum atomic E-state index is 12.7. The van der Waals surface area contributed by atoms with Gasteiger partial charge in [0.15, 0.2) is 11.5 Å². The van der Waals surface area contributed by atoms with Crippen molar-refractivity contribution in [2.24, 2.45) is 0 Å². The van der Waals surface area contributed by atoms with E-state index in [2.05, 4.69) is 11.7 Å². The number of halogens is 1. The maximum absolute atomic E-state index is 12.7. The molecule has 2 N–H and O–H groups in total. The van der Waals surface area contributed by atoms with E-state index >= 15 is 0 Å². The Bertz CT molecular complexity index is 1070. The van der Waals surface area contributed by atoms with Crippen molar-refractivity contribution in [3.05, 3.63) is 74.0 Å². The molecule has 0 amide bonds. The van der Waals surface area contributed by atoms with Crippen LogP contribution in [0.4, 0.5) is 0 Å². The lowest BCUT2D eigenvalue weighted by Crippen LogP contribution is -2.33. The van der Waals surface area contributed by atoms with E-state index in [9.17, 15) is 9.90 Å². The van der Waals surface area contributed by atoms with Crippen LogP contribution < -0.4 is 20.9 Å². The molecule has 2 aromatic carbocycles. The maximum Gasteiger partial charge on any atom is 0.279 e. The van der Waals surface area contributed by atoms with Gasteiger partial charge in [0.25, 0.3) is 5.56 Å². The number of aromatic amines is 1. The molecule has 0 aliphatic heterocycles. The largest absolute Gasteiger partial charge is 0.504 e. The van der Waals surface area contributed by atoms with Gasteiger partial charge in [0.2, 0.25) is 0 Å². The summed E-state index contributed by atoms with van der Waals surface area (Å²) in [7, 11) is 0. The van der Waals surface area contributed by atoms with Crippen molar-refractivity contribution in [3.63, 3.8) is 0 Å². The molecular weight excluding hydrogens is 340 g/mol. The monoisotopic (exact) mass is 356 g/mol. The van der Waals surface area contributed by atoms with E-state index in [0.717, 1.165) is 5.56 Å². The van der Waals surface area contributed by atoms with Gasteiger partial charge in [-0.25, -0.2) is 4.68 Å². The molecule has 0 aliphatic rings. The molecule has 6 heteroatoms. The van der Waals surface area contributed by atoms with Crippen molar-refractivity contribution in [1.29, 1.82) is 0 Å². The van der Waals surface area contributed by atoms with Crippen molar-refractivity contribution >= 4 is 24.3 Å². The van der Waals surface area contributed by atoms with E-state index < -0.39 is 0 Å². The minimum absolute atomic E-state index is 0.0569. The lowest BCUT2D eigenvalue weighted by molar-refractivity contribution is 0.318. The highest BCUT2D eigenvalue weighted by atomic mass is 35.5. The fourth-order valence-corrected chi connectivity index (χ4v) is 2.60.